The van der Waals surface area contributed by atoms with Gasteiger partial charge in [-0.25, -0.2) is 0 Å². The summed E-state index contributed by atoms with van der Waals surface area (Å²) in [4.78, 5) is 14.9. The van der Waals surface area contributed by atoms with Crippen molar-refractivity contribution >= 4 is 40.8 Å². The Kier molecular flexibility index (Phi) is 4.30. The number of aromatic nitrogens is 1. The first-order valence-corrected chi connectivity index (χ1v) is 6.42. The van der Waals surface area contributed by atoms with Crippen LogP contribution in [0.5, 0.6) is 0 Å². The van der Waals surface area contributed by atoms with Gasteiger partial charge in [0.1, 0.15) is 0 Å². The van der Waals surface area contributed by atoms with Crippen molar-refractivity contribution in [3.8, 4) is 11.1 Å². The molecule has 98 valence electrons. The molecule has 0 spiro atoms. The third kappa shape index (κ3) is 3.00. The van der Waals surface area contributed by atoms with E-state index in [4.69, 9.17) is 39.9 Å². The topological polar surface area (TPSA) is 50.2 Å². The van der Waals surface area contributed by atoms with Crippen LogP contribution in [0.25, 0.3) is 11.1 Å². The molecule has 0 saturated carbocycles. The minimum Gasteiger partial charge on any atom is -0.481 e. The lowest BCUT2D eigenvalue weighted by molar-refractivity contribution is -0.136. The van der Waals surface area contributed by atoms with Crippen molar-refractivity contribution in [2.75, 3.05) is 0 Å². The second-order valence-corrected chi connectivity index (χ2v) is 4.99. The Morgan fingerprint density at radius 2 is 1.84 bits per heavy atom. The molecule has 0 amide bonds. The number of carboxylic acid groups (broad SMARTS) is 1. The van der Waals surface area contributed by atoms with Crippen molar-refractivity contribution < 1.29 is 9.90 Å². The van der Waals surface area contributed by atoms with Gasteiger partial charge in [0.2, 0.25) is 0 Å². The standard InChI is InChI=1S/C13H8Cl3NO2/c14-10-2-1-8(12(15)13(10)16)9-6-17-4-3-7(9)5-11(18)19/h1-4,6H,5H2,(H,18,19). The number of hydrogen-bond acceptors (Lipinski definition) is 2. The smallest absolute Gasteiger partial charge is 0.307 e. The zero-order chi connectivity index (χ0) is 14.0. The highest BCUT2D eigenvalue weighted by Gasteiger charge is 2.14. The van der Waals surface area contributed by atoms with Gasteiger partial charge in [0.25, 0.3) is 0 Å². The molecule has 0 atom stereocenters. The van der Waals surface area contributed by atoms with Crippen LogP contribution in [0.4, 0.5) is 0 Å². The molecule has 0 radical (unpaired) electrons. The minimum atomic E-state index is -0.927. The molecule has 0 fully saturated rings. The van der Waals surface area contributed by atoms with E-state index in [9.17, 15) is 4.79 Å². The van der Waals surface area contributed by atoms with Gasteiger partial charge in [0, 0.05) is 23.5 Å². The zero-order valence-corrected chi connectivity index (χ0v) is 11.8. The first-order chi connectivity index (χ1) is 9.00. The number of hydrogen-bond donors (Lipinski definition) is 1. The fourth-order valence-corrected chi connectivity index (χ4v) is 2.35. The maximum Gasteiger partial charge on any atom is 0.307 e. The van der Waals surface area contributed by atoms with Crippen molar-refractivity contribution in [2.24, 2.45) is 0 Å². The Balaban J connectivity index is 2.59. The van der Waals surface area contributed by atoms with Crippen molar-refractivity contribution in [2.45, 2.75) is 6.42 Å². The van der Waals surface area contributed by atoms with Gasteiger partial charge in [0.15, 0.2) is 0 Å². The summed E-state index contributed by atoms with van der Waals surface area (Å²) >= 11 is 18.0. The Morgan fingerprint density at radius 3 is 2.53 bits per heavy atom. The van der Waals surface area contributed by atoms with E-state index >= 15 is 0 Å². The minimum absolute atomic E-state index is 0.117. The third-order valence-electron chi connectivity index (χ3n) is 2.58. The summed E-state index contributed by atoms with van der Waals surface area (Å²) in [5, 5.41) is 9.78. The molecule has 0 bridgehead atoms. The molecule has 0 unspecified atom stereocenters. The maximum absolute atomic E-state index is 10.9. The van der Waals surface area contributed by atoms with E-state index in [0.29, 0.717) is 21.7 Å². The van der Waals surface area contributed by atoms with Gasteiger partial charge < -0.3 is 5.11 Å². The van der Waals surface area contributed by atoms with Crippen LogP contribution < -0.4 is 0 Å². The van der Waals surface area contributed by atoms with E-state index in [0.717, 1.165) is 0 Å². The average molecular weight is 317 g/mol. The van der Waals surface area contributed by atoms with E-state index in [1.54, 1.807) is 24.4 Å². The van der Waals surface area contributed by atoms with Crippen molar-refractivity contribution in [3.05, 3.63) is 51.2 Å². The lowest BCUT2D eigenvalue weighted by Crippen LogP contribution is -2.02. The number of pyridine rings is 1. The van der Waals surface area contributed by atoms with Crippen LogP contribution in [0.3, 0.4) is 0 Å². The lowest BCUT2D eigenvalue weighted by Gasteiger charge is -2.10. The van der Waals surface area contributed by atoms with Crippen LogP contribution in [0.2, 0.25) is 15.1 Å². The van der Waals surface area contributed by atoms with E-state index < -0.39 is 5.97 Å². The number of carboxylic acids is 1. The van der Waals surface area contributed by atoms with E-state index in [1.165, 1.54) is 6.20 Å². The molecule has 2 aromatic rings. The van der Waals surface area contributed by atoms with Gasteiger partial charge in [0.05, 0.1) is 21.5 Å². The van der Waals surface area contributed by atoms with Gasteiger partial charge in [-0.2, -0.15) is 0 Å². The van der Waals surface area contributed by atoms with E-state index in [2.05, 4.69) is 4.98 Å². The van der Waals surface area contributed by atoms with Gasteiger partial charge in [-0.1, -0.05) is 40.9 Å². The number of nitrogens with zero attached hydrogens (tertiary/aromatic N) is 1. The molecule has 0 aliphatic carbocycles. The molecule has 1 N–H and O–H groups in total. The molecule has 19 heavy (non-hydrogen) atoms. The highest BCUT2D eigenvalue weighted by Crippen LogP contribution is 2.38. The van der Waals surface area contributed by atoms with Crippen molar-refractivity contribution in [3.63, 3.8) is 0 Å². The van der Waals surface area contributed by atoms with Crippen molar-refractivity contribution in [1.82, 2.24) is 4.98 Å². The summed E-state index contributed by atoms with van der Waals surface area (Å²) in [6.45, 7) is 0. The van der Waals surface area contributed by atoms with Gasteiger partial charge >= 0.3 is 5.97 Å². The monoisotopic (exact) mass is 315 g/mol. The molecule has 0 aliphatic rings. The summed E-state index contributed by atoms with van der Waals surface area (Å²) in [7, 11) is 0. The quantitative estimate of drug-likeness (QED) is 0.857. The Morgan fingerprint density at radius 1 is 1.11 bits per heavy atom. The summed E-state index contributed by atoms with van der Waals surface area (Å²) in [5.74, 6) is -0.927. The number of carbonyl (C=O) groups is 1. The van der Waals surface area contributed by atoms with Crippen LogP contribution in [-0.2, 0) is 11.2 Å². The van der Waals surface area contributed by atoms with Gasteiger partial charge in [-0.3, -0.25) is 9.78 Å². The Labute approximate surface area is 124 Å². The third-order valence-corrected chi connectivity index (χ3v) is 3.87. The summed E-state index contributed by atoms with van der Waals surface area (Å²) < 4.78 is 0. The Hall–Kier alpha value is -1.29. The largest absolute Gasteiger partial charge is 0.481 e. The van der Waals surface area contributed by atoms with E-state index in [-0.39, 0.29) is 16.5 Å². The van der Waals surface area contributed by atoms with Crippen LogP contribution in [-0.4, -0.2) is 16.1 Å². The first-order valence-electron chi connectivity index (χ1n) is 5.29. The number of halogens is 3. The lowest BCUT2D eigenvalue weighted by atomic mass is 10.00. The predicted molar refractivity (Wildman–Crippen MR) is 76.0 cm³/mol. The molecule has 0 aliphatic heterocycles. The number of aliphatic carboxylic acids is 1. The molecule has 6 heteroatoms. The molecular weight excluding hydrogens is 309 g/mol. The fraction of sp³-hybridized carbons (Fsp3) is 0.0769. The molecular formula is C13H8Cl3NO2. The molecule has 3 nitrogen and oxygen atoms in total. The molecule has 1 aromatic carbocycles. The predicted octanol–water partition coefficient (Wildman–Crippen LogP) is 4.34. The zero-order valence-electron chi connectivity index (χ0n) is 9.53. The fourth-order valence-electron chi connectivity index (χ4n) is 1.72. The summed E-state index contributed by atoms with van der Waals surface area (Å²) in [6, 6.07) is 4.95. The van der Waals surface area contributed by atoms with Crippen molar-refractivity contribution in [1.29, 1.82) is 0 Å². The number of benzene rings is 1. The second-order valence-electron chi connectivity index (χ2n) is 3.83. The average Bonchev–Trinajstić information content (AvgIpc) is 2.37. The van der Waals surface area contributed by atoms with Gasteiger partial charge in [-0.15, -0.1) is 0 Å². The molecule has 1 heterocycles. The second kappa shape index (κ2) is 5.78. The van der Waals surface area contributed by atoms with Crippen LogP contribution in [0.1, 0.15) is 5.56 Å². The normalized spacial score (nSPS) is 10.5. The van der Waals surface area contributed by atoms with Crippen LogP contribution >= 0.6 is 34.8 Å². The highest BCUT2D eigenvalue weighted by atomic mass is 35.5. The molecule has 1 aromatic heterocycles. The van der Waals surface area contributed by atoms with Crippen LogP contribution in [0, 0.1) is 0 Å². The molecule has 2 rings (SSSR count). The van der Waals surface area contributed by atoms with Gasteiger partial charge in [-0.05, 0) is 17.7 Å². The Bertz CT molecular complexity index is 644. The first kappa shape index (κ1) is 14.1. The van der Waals surface area contributed by atoms with E-state index in [1.807, 2.05) is 0 Å². The highest BCUT2D eigenvalue weighted by molar-refractivity contribution is 6.49. The maximum atomic E-state index is 10.9. The summed E-state index contributed by atoms with van der Waals surface area (Å²) in [5.41, 5.74) is 1.86. The number of rotatable bonds is 3. The SMILES string of the molecule is O=C(O)Cc1ccncc1-c1ccc(Cl)c(Cl)c1Cl. The van der Waals surface area contributed by atoms with Crippen LogP contribution in [0.15, 0.2) is 30.6 Å². The summed E-state index contributed by atoms with van der Waals surface area (Å²) in [6.07, 6.45) is 2.98. The molecule has 0 saturated heterocycles.